The molecule has 17 heavy (non-hydrogen) atoms. The van der Waals surface area contributed by atoms with Gasteiger partial charge in [-0.2, -0.15) is 0 Å². The van der Waals surface area contributed by atoms with E-state index >= 15 is 0 Å². The SMILES string of the molecule is Cc1sc(CN2CCC(C(C)N)CC2)cc1Br. The van der Waals surface area contributed by atoms with Crippen LogP contribution in [0.25, 0.3) is 0 Å². The predicted octanol–water partition coefficient (Wildman–Crippen LogP) is 3.38. The van der Waals surface area contributed by atoms with Crippen LogP contribution in [0.2, 0.25) is 0 Å². The summed E-state index contributed by atoms with van der Waals surface area (Å²) in [5, 5.41) is 0. The topological polar surface area (TPSA) is 29.3 Å². The second kappa shape index (κ2) is 5.83. The molecular formula is C13H21BrN2S. The maximum Gasteiger partial charge on any atom is 0.0328 e. The molecule has 0 aliphatic carbocycles. The lowest BCUT2D eigenvalue weighted by Gasteiger charge is -2.33. The molecule has 2 rings (SSSR count). The summed E-state index contributed by atoms with van der Waals surface area (Å²) in [6, 6.07) is 2.62. The molecule has 0 saturated carbocycles. The van der Waals surface area contributed by atoms with Crippen molar-refractivity contribution in [3.63, 3.8) is 0 Å². The second-order valence-electron chi connectivity index (χ2n) is 5.09. The first-order chi connectivity index (χ1) is 8.06. The number of halogens is 1. The third-order valence-corrected chi connectivity index (χ3v) is 5.78. The van der Waals surface area contributed by atoms with E-state index in [4.69, 9.17) is 5.73 Å². The van der Waals surface area contributed by atoms with Crippen molar-refractivity contribution in [1.29, 1.82) is 0 Å². The van der Waals surface area contributed by atoms with Crippen LogP contribution in [-0.4, -0.2) is 24.0 Å². The molecule has 96 valence electrons. The molecule has 1 atom stereocenters. The number of nitrogens with zero attached hydrogens (tertiary/aromatic N) is 1. The Kier molecular flexibility index (Phi) is 4.64. The molecule has 1 aliphatic rings. The van der Waals surface area contributed by atoms with Crippen molar-refractivity contribution in [2.24, 2.45) is 11.7 Å². The fraction of sp³-hybridized carbons (Fsp3) is 0.692. The molecular weight excluding hydrogens is 296 g/mol. The Morgan fingerprint density at radius 3 is 2.65 bits per heavy atom. The fourth-order valence-electron chi connectivity index (χ4n) is 2.45. The lowest BCUT2D eigenvalue weighted by Crippen LogP contribution is -2.39. The van der Waals surface area contributed by atoms with Crippen LogP contribution in [0.3, 0.4) is 0 Å². The number of aryl methyl sites for hydroxylation is 1. The van der Waals surface area contributed by atoms with Crippen LogP contribution in [0.15, 0.2) is 10.5 Å². The maximum absolute atomic E-state index is 5.97. The van der Waals surface area contributed by atoms with Crippen LogP contribution in [0.5, 0.6) is 0 Å². The largest absolute Gasteiger partial charge is 0.328 e. The van der Waals surface area contributed by atoms with Crippen LogP contribution in [-0.2, 0) is 6.54 Å². The van der Waals surface area contributed by atoms with Gasteiger partial charge in [0.05, 0.1) is 0 Å². The summed E-state index contributed by atoms with van der Waals surface area (Å²) in [6.07, 6.45) is 2.51. The number of nitrogens with two attached hydrogens (primary N) is 1. The van der Waals surface area contributed by atoms with Crippen LogP contribution in [0, 0.1) is 12.8 Å². The third kappa shape index (κ3) is 3.53. The average Bonchev–Trinajstić information content (AvgIpc) is 2.58. The van der Waals surface area contributed by atoms with Gasteiger partial charge in [-0.25, -0.2) is 0 Å². The number of likely N-dealkylation sites (tertiary alicyclic amines) is 1. The van der Waals surface area contributed by atoms with Gasteiger partial charge >= 0.3 is 0 Å². The van der Waals surface area contributed by atoms with Crippen molar-refractivity contribution >= 4 is 27.3 Å². The number of hydrogen-bond donors (Lipinski definition) is 1. The highest BCUT2D eigenvalue weighted by Gasteiger charge is 2.22. The van der Waals surface area contributed by atoms with Gasteiger partial charge in [-0.05, 0) is 67.7 Å². The lowest BCUT2D eigenvalue weighted by molar-refractivity contribution is 0.167. The van der Waals surface area contributed by atoms with E-state index in [2.05, 4.69) is 40.7 Å². The molecule has 0 bridgehead atoms. The smallest absolute Gasteiger partial charge is 0.0328 e. The van der Waals surface area contributed by atoms with Gasteiger partial charge in [-0.3, -0.25) is 4.90 Å². The van der Waals surface area contributed by atoms with E-state index in [-0.39, 0.29) is 0 Å². The number of piperidine rings is 1. The van der Waals surface area contributed by atoms with E-state index in [1.807, 2.05) is 11.3 Å². The van der Waals surface area contributed by atoms with Crippen molar-refractivity contribution in [2.45, 2.75) is 39.3 Å². The number of thiophene rings is 1. The second-order valence-corrected chi connectivity index (χ2v) is 7.28. The average molecular weight is 317 g/mol. The van der Waals surface area contributed by atoms with E-state index in [0.29, 0.717) is 6.04 Å². The van der Waals surface area contributed by atoms with Crippen LogP contribution >= 0.6 is 27.3 Å². The third-order valence-electron chi connectivity index (χ3n) is 3.66. The zero-order chi connectivity index (χ0) is 12.4. The monoisotopic (exact) mass is 316 g/mol. The first kappa shape index (κ1) is 13.5. The molecule has 0 amide bonds. The minimum Gasteiger partial charge on any atom is -0.328 e. The van der Waals surface area contributed by atoms with Gasteiger partial charge in [0.2, 0.25) is 0 Å². The molecule has 0 aromatic carbocycles. The quantitative estimate of drug-likeness (QED) is 0.926. The fourth-order valence-corrected chi connectivity index (χ4v) is 4.10. The van der Waals surface area contributed by atoms with Crippen molar-refractivity contribution in [1.82, 2.24) is 4.90 Å². The zero-order valence-corrected chi connectivity index (χ0v) is 13.0. The minimum atomic E-state index is 0.357. The van der Waals surface area contributed by atoms with E-state index < -0.39 is 0 Å². The molecule has 4 heteroatoms. The van der Waals surface area contributed by atoms with Crippen LogP contribution in [0.4, 0.5) is 0 Å². The van der Waals surface area contributed by atoms with Gasteiger partial charge in [-0.1, -0.05) is 0 Å². The van der Waals surface area contributed by atoms with Crippen molar-refractivity contribution in [2.75, 3.05) is 13.1 Å². The molecule has 1 aromatic rings. The Labute approximate surface area is 116 Å². The van der Waals surface area contributed by atoms with Gasteiger partial charge in [-0.15, -0.1) is 11.3 Å². The van der Waals surface area contributed by atoms with E-state index in [1.165, 1.54) is 40.2 Å². The Balaban J connectivity index is 1.86. The molecule has 1 fully saturated rings. The summed E-state index contributed by atoms with van der Waals surface area (Å²) in [7, 11) is 0. The van der Waals surface area contributed by atoms with Gasteiger partial charge in [0.25, 0.3) is 0 Å². The molecule has 1 unspecified atom stereocenters. The van der Waals surface area contributed by atoms with Gasteiger partial charge in [0, 0.05) is 26.8 Å². The Bertz CT molecular complexity index is 348. The molecule has 1 saturated heterocycles. The Morgan fingerprint density at radius 2 is 2.18 bits per heavy atom. The van der Waals surface area contributed by atoms with Crippen LogP contribution in [0.1, 0.15) is 29.5 Å². The van der Waals surface area contributed by atoms with E-state index in [1.54, 1.807) is 0 Å². The Hall–Kier alpha value is 0.100. The van der Waals surface area contributed by atoms with Gasteiger partial charge < -0.3 is 5.73 Å². The molecule has 0 radical (unpaired) electrons. The molecule has 0 spiro atoms. The molecule has 2 nitrogen and oxygen atoms in total. The van der Waals surface area contributed by atoms with E-state index in [9.17, 15) is 0 Å². The van der Waals surface area contributed by atoms with Crippen molar-refractivity contribution < 1.29 is 0 Å². The van der Waals surface area contributed by atoms with Gasteiger partial charge in [0.15, 0.2) is 0 Å². The highest BCUT2D eigenvalue weighted by atomic mass is 79.9. The summed E-state index contributed by atoms with van der Waals surface area (Å²) in [5.74, 6) is 0.725. The van der Waals surface area contributed by atoms with Crippen molar-refractivity contribution in [3.8, 4) is 0 Å². The standard InChI is InChI=1S/C13H21BrN2S/c1-9(15)11-3-5-16(6-4-11)8-12-7-13(14)10(2)17-12/h7,9,11H,3-6,8,15H2,1-2H3. The molecule has 1 aromatic heterocycles. The molecule has 2 N–H and O–H groups in total. The number of hydrogen-bond acceptors (Lipinski definition) is 3. The number of rotatable bonds is 3. The molecule has 1 aliphatic heterocycles. The highest BCUT2D eigenvalue weighted by Crippen LogP contribution is 2.28. The summed E-state index contributed by atoms with van der Waals surface area (Å²) in [4.78, 5) is 5.40. The highest BCUT2D eigenvalue weighted by molar-refractivity contribution is 9.10. The lowest BCUT2D eigenvalue weighted by atomic mass is 9.91. The summed E-state index contributed by atoms with van der Waals surface area (Å²) >= 11 is 5.49. The normalized spacial score (nSPS) is 20.7. The predicted molar refractivity (Wildman–Crippen MR) is 78.4 cm³/mol. The van der Waals surface area contributed by atoms with Crippen LogP contribution < -0.4 is 5.73 Å². The first-order valence-electron chi connectivity index (χ1n) is 6.29. The van der Waals surface area contributed by atoms with E-state index in [0.717, 1.165) is 12.5 Å². The maximum atomic E-state index is 5.97. The summed E-state index contributed by atoms with van der Waals surface area (Å²) < 4.78 is 1.25. The minimum absolute atomic E-state index is 0.357. The van der Waals surface area contributed by atoms with Gasteiger partial charge in [0.1, 0.15) is 0 Å². The summed E-state index contributed by atoms with van der Waals surface area (Å²) in [5.41, 5.74) is 5.97. The van der Waals surface area contributed by atoms with Crippen molar-refractivity contribution in [3.05, 3.63) is 20.3 Å². The molecule has 2 heterocycles. The summed E-state index contributed by atoms with van der Waals surface area (Å²) in [6.45, 7) is 7.80. The zero-order valence-electron chi connectivity index (χ0n) is 10.6. The Morgan fingerprint density at radius 1 is 1.53 bits per heavy atom. The first-order valence-corrected chi connectivity index (χ1v) is 7.90.